The molecule has 0 aliphatic carbocycles. The van der Waals surface area contributed by atoms with Gasteiger partial charge in [-0.3, -0.25) is 9.55 Å². The van der Waals surface area contributed by atoms with Gasteiger partial charge in [0.1, 0.15) is 18.0 Å². The zero-order valence-corrected chi connectivity index (χ0v) is 12.9. The van der Waals surface area contributed by atoms with E-state index in [0.29, 0.717) is 23.0 Å². The van der Waals surface area contributed by atoms with Crippen LogP contribution < -0.4 is 0 Å². The normalized spacial score (nSPS) is 10.9. The fraction of sp³-hybridized carbons (Fsp3) is 0. The van der Waals surface area contributed by atoms with Crippen molar-refractivity contribution >= 4 is 11.6 Å². The van der Waals surface area contributed by atoms with Crippen molar-refractivity contribution in [2.75, 3.05) is 0 Å². The van der Waals surface area contributed by atoms with Gasteiger partial charge < -0.3 is 0 Å². The molecule has 24 heavy (non-hydrogen) atoms. The number of aromatic nitrogens is 6. The average molecular weight is 341 g/mol. The molecule has 0 fully saturated rings. The molecule has 0 bridgehead atoms. The molecule has 1 N–H and O–H groups in total. The van der Waals surface area contributed by atoms with E-state index in [1.165, 1.54) is 12.4 Å². The summed E-state index contributed by atoms with van der Waals surface area (Å²) in [6, 6.07) is 8.19. The van der Waals surface area contributed by atoms with Crippen molar-refractivity contribution in [2.45, 2.75) is 0 Å². The van der Waals surface area contributed by atoms with E-state index >= 15 is 0 Å². The van der Waals surface area contributed by atoms with Crippen LogP contribution in [0.2, 0.25) is 5.02 Å². The first-order chi connectivity index (χ1) is 11.7. The molecule has 4 aromatic rings. The number of rotatable bonds is 3. The number of nitrogens with one attached hydrogen (secondary N) is 1. The Bertz CT molecular complexity index is 995. The van der Waals surface area contributed by atoms with Gasteiger partial charge in [-0.05, 0) is 30.3 Å². The van der Waals surface area contributed by atoms with Crippen molar-refractivity contribution in [1.29, 1.82) is 0 Å². The first kappa shape index (κ1) is 14.5. The van der Waals surface area contributed by atoms with E-state index in [4.69, 9.17) is 11.6 Å². The lowest BCUT2D eigenvalue weighted by Gasteiger charge is -2.10. The minimum Gasteiger partial charge on any atom is -0.268 e. The lowest BCUT2D eigenvalue weighted by atomic mass is 10.1. The van der Waals surface area contributed by atoms with Crippen LogP contribution in [0.15, 0.2) is 55.2 Å². The Labute approximate surface area is 141 Å². The minimum atomic E-state index is -0.471. The van der Waals surface area contributed by atoms with Gasteiger partial charge in [0.2, 0.25) is 5.95 Å². The molecule has 4 rings (SSSR count). The number of benzene rings is 1. The van der Waals surface area contributed by atoms with E-state index in [9.17, 15) is 4.39 Å². The molecule has 0 atom stereocenters. The average Bonchev–Trinajstić information content (AvgIpc) is 3.28. The maximum Gasteiger partial charge on any atom is 0.231 e. The summed E-state index contributed by atoms with van der Waals surface area (Å²) in [7, 11) is 0. The molecule has 8 heteroatoms. The highest BCUT2D eigenvalue weighted by atomic mass is 35.5. The van der Waals surface area contributed by atoms with Gasteiger partial charge >= 0.3 is 0 Å². The third-order valence-electron chi connectivity index (χ3n) is 3.51. The number of nitrogens with zero attached hydrogens (tertiary/aromatic N) is 5. The summed E-state index contributed by atoms with van der Waals surface area (Å²) in [6.45, 7) is 0. The number of pyridine rings is 1. The molecule has 118 valence electrons. The van der Waals surface area contributed by atoms with E-state index in [1.807, 2.05) is 12.1 Å². The highest BCUT2D eigenvalue weighted by Gasteiger charge is 2.16. The highest BCUT2D eigenvalue weighted by molar-refractivity contribution is 6.31. The summed E-state index contributed by atoms with van der Waals surface area (Å²) in [6.07, 6.45) is 6.51. The molecule has 0 radical (unpaired) electrons. The molecule has 6 nitrogen and oxygen atoms in total. The largest absolute Gasteiger partial charge is 0.268 e. The van der Waals surface area contributed by atoms with Gasteiger partial charge in [0.25, 0.3) is 0 Å². The lowest BCUT2D eigenvalue weighted by molar-refractivity contribution is 0.628. The summed E-state index contributed by atoms with van der Waals surface area (Å²) < 4.78 is 15.2. The lowest BCUT2D eigenvalue weighted by Crippen LogP contribution is -2.00. The Balaban J connectivity index is 1.89. The number of H-pyrrole nitrogens is 1. The van der Waals surface area contributed by atoms with Crippen LogP contribution >= 0.6 is 11.6 Å². The summed E-state index contributed by atoms with van der Waals surface area (Å²) >= 11 is 5.91. The Morgan fingerprint density at radius 1 is 1.08 bits per heavy atom. The smallest absolute Gasteiger partial charge is 0.231 e. The maximum atomic E-state index is 13.5. The second kappa shape index (κ2) is 5.86. The summed E-state index contributed by atoms with van der Waals surface area (Å²) in [5, 5.41) is 6.70. The molecule has 0 spiro atoms. The van der Waals surface area contributed by atoms with Crippen LogP contribution in [-0.2, 0) is 0 Å². The van der Waals surface area contributed by atoms with Crippen LogP contribution in [0.4, 0.5) is 4.39 Å². The van der Waals surface area contributed by atoms with Crippen LogP contribution in [-0.4, -0.2) is 29.7 Å². The van der Waals surface area contributed by atoms with Crippen molar-refractivity contribution in [3.8, 4) is 28.6 Å². The highest BCUT2D eigenvalue weighted by Crippen LogP contribution is 2.31. The third-order valence-corrected chi connectivity index (χ3v) is 3.80. The number of halogens is 2. The van der Waals surface area contributed by atoms with Crippen LogP contribution in [0, 0.1) is 5.82 Å². The van der Waals surface area contributed by atoms with Gasteiger partial charge in [-0.2, -0.15) is 10.1 Å². The Morgan fingerprint density at radius 2 is 2.00 bits per heavy atom. The SMILES string of the molecule is Fc1ccc(-c2ncccc2-c2nccn2-c2ncn[nH]2)cc1Cl. The molecule has 0 saturated heterocycles. The Hall–Kier alpha value is -3.06. The second-order valence-electron chi connectivity index (χ2n) is 4.96. The van der Waals surface area contributed by atoms with Gasteiger partial charge in [0, 0.05) is 29.7 Å². The van der Waals surface area contributed by atoms with Crippen molar-refractivity contribution in [3.05, 3.63) is 66.1 Å². The van der Waals surface area contributed by atoms with Crippen LogP contribution in [0.25, 0.3) is 28.6 Å². The fourth-order valence-electron chi connectivity index (χ4n) is 2.45. The predicted octanol–water partition coefficient (Wildman–Crippen LogP) is 3.51. The fourth-order valence-corrected chi connectivity index (χ4v) is 2.63. The number of aromatic amines is 1. The summed E-state index contributed by atoms with van der Waals surface area (Å²) in [4.78, 5) is 13.0. The predicted molar refractivity (Wildman–Crippen MR) is 87.1 cm³/mol. The molecular formula is C16H10ClFN6. The maximum absolute atomic E-state index is 13.5. The van der Waals surface area contributed by atoms with Crippen LogP contribution in [0.3, 0.4) is 0 Å². The van der Waals surface area contributed by atoms with Crippen molar-refractivity contribution < 1.29 is 4.39 Å². The Morgan fingerprint density at radius 3 is 2.79 bits per heavy atom. The van der Waals surface area contributed by atoms with E-state index in [-0.39, 0.29) is 5.02 Å². The van der Waals surface area contributed by atoms with Gasteiger partial charge in [0.05, 0.1) is 10.7 Å². The van der Waals surface area contributed by atoms with E-state index in [1.54, 1.807) is 35.3 Å². The molecular weight excluding hydrogens is 331 g/mol. The monoisotopic (exact) mass is 340 g/mol. The van der Waals surface area contributed by atoms with Crippen molar-refractivity contribution in [3.63, 3.8) is 0 Å². The number of hydrogen-bond acceptors (Lipinski definition) is 4. The van der Waals surface area contributed by atoms with E-state index < -0.39 is 5.82 Å². The zero-order valence-electron chi connectivity index (χ0n) is 12.2. The summed E-state index contributed by atoms with van der Waals surface area (Å²) in [5.41, 5.74) is 2.11. The van der Waals surface area contributed by atoms with Crippen LogP contribution in [0.5, 0.6) is 0 Å². The molecule has 3 heterocycles. The molecule has 0 unspecified atom stereocenters. The number of hydrogen-bond donors (Lipinski definition) is 1. The molecule has 0 aliphatic rings. The van der Waals surface area contributed by atoms with Gasteiger partial charge in [0.15, 0.2) is 0 Å². The minimum absolute atomic E-state index is 0.0441. The first-order valence-electron chi connectivity index (χ1n) is 7.04. The standard InChI is InChI=1S/C16H10ClFN6/c17-12-8-10(3-4-13(12)18)14-11(2-1-5-19-14)15-20-6-7-24(15)16-21-9-22-23-16/h1-9H,(H,21,22,23). The number of imidazole rings is 1. The molecule has 1 aromatic carbocycles. The first-order valence-corrected chi connectivity index (χ1v) is 7.42. The second-order valence-corrected chi connectivity index (χ2v) is 5.37. The van der Waals surface area contributed by atoms with Crippen molar-refractivity contribution in [2.24, 2.45) is 0 Å². The van der Waals surface area contributed by atoms with Crippen molar-refractivity contribution in [1.82, 2.24) is 29.7 Å². The van der Waals surface area contributed by atoms with Gasteiger partial charge in [-0.25, -0.2) is 14.5 Å². The molecule has 0 saturated carbocycles. The molecule has 0 aliphatic heterocycles. The van der Waals surface area contributed by atoms with Gasteiger partial charge in [-0.1, -0.05) is 11.6 Å². The van der Waals surface area contributed by atoms with E-state index in [0.717, 1.165) is 5.56 Å². The van der Waals surface area contributed by atoms with Crippen LogP contribution in [0.1, 0.15) is 0 Å². The molecule has 0 amide bonds. The van der Waals surface area contributed by atoms with Gasteiger partial charge in [-0.15, -0.1) is 0 Å². The quantitative estimate of drug-likeness (QED) is 0.619. The summed E-state index contributed by atoms with van der Waals surface area (Å²) in [5.74, 6) is 0.700. The third kappa shape index (κ3) is 2.44. The van der Waals surface area contributed by atoms with E-state index in [2.05, 4.69) is 25.1 Å². The zero-order chi connectivity index (χ0) is 16.5. The topological polar surface area (TPSA) is 72.3 Å². The Kier molecular flexibility index (Phi) is 3.55. The molecule has 3 aromatic heterocycles.